The van der Waals surface area contributed by atoms with Gasteiger partial charge in [-0.1, -0.05) is 11.6 Å². The van der Waals surface area contributed by atoms with E-state index in [1.54, 1.807) is 30.5 Å². The number of amides is 1. The summed E-state index contributed by atoms with van der Waals surface area (Å²) in [5.41, 5.74) is 1.50. The molecule has 3 N–H and O–H groups in total. The molecule has 10 heteroatoms. The molecule has 0 unspecified atom stereocenters. The van der Waals surface area contributed by atoms with Gasteiger partial charge in [0.05, 0.1) is 11.4 Å². The van der Waals surface area contributed by atoms with Crippen LogP contribution in [0.1, 0.15) is 0 Å². The van der Waals surface area contributed by atoms with Crippen molar-refractivity contribution in [3.05, 3.63) is 65.7 Å². The first-order valence-electron chi connectivity index (χ1n) is 8.31. The standard InChI is InChI=1S/C19H12ClFN6O2/c20-10-3-4-13(21)12(8-10)15-9-14(11-2-1-6-22-17(11)25-15)24-16-5-7-23-18(26-16)27-19(28)29/h1-9H,(H,28,29)(H2,22,23,24,25,26,27). The van der Waals surface area contributed by atoms with E-state index in [4.69, 9.17) is 16.7 Å². The highest BCUT2D eigenvalue weighted by Gasteiger charge is 2.13. The van der Waals surface area contributed by atoms with Gasteiger partial charge in [0.15, 0.2) is 5.65 Å². The normalized spacial score (nSPS) is 10.7. The van der Waals surface area contributed by atoms with Gasteiger partial charge in [-0.15, -0.1) is 0 Å². The molecule has 0 aliphatic heterocycles. The van der Waals surface area contributed by atoms with Crippen LogP contribution < -0.4 is 10.6 Å². The Morgan fingerprint density at radius 1 is 1.07 bits per heavy atom. The number of anilines is 3. The van der Waals surface area contributed by atoms with Crippen LogP contribution in [-0.4, -0.2) is 31.1 Å². The third-order valence-corrected chi connectivity index (χ3v) is 4.16. The number of hydrogen-bond donors (Lipinski definition) is 3. The van der Waals surface area contributed by atoms with E-state index in [9.17, 15) is 9.18 Å². The van der Waals surface area contributed by atoms with Gasteiger partial charge in [0.2, 0.25) is 5.95 Å². The van der Waals surface area contributed by atoms with Gasteiger partial charge in [-0.05, 0) is 42.5 Å². The molecule has 0 bridgehead atoms. The van der Waals surface area contributed by atoms with Crippen LogP contribution >= 0.6 is 11.6 Å². The highest BCUT2D eigenvalue weighted by atomic mass is 35.5. The Bertz CT molecular complexity index is 1240. The molecule has 0 atom stereocenters. The Labute approximate surface area is 168 Å². The summed E-state index contributed by atoms with van der Waals surface area (Å²) in [6.45, 7) is 0. The van der Waals surface area contributed by atoms with E-state index in [2.05, 4.69) is 30.6 Å². The average molecular weight is 411 g/mol. The van der Waals surface area contributed by atoms with E-state index in [1.807, 2.05) is 0 Å². The molecule has 1 aromatic carbocycles. The smallest absolute Gasteiger partial charge is 0.411 e. The maximum absolute atomic E-state index is 14.4. The molecule has 0 radical (unpaired) electrons. The molecule has 0 aliphatic carbocycles. The van der Waals surface area contributed by atoms with Crippen molar-refractivity contribution in [2.75, 3.05) is 10.6 Å². The minimum Gasteiger partial charge on any atom is -0.465 e. The Hall–Kier alpha value is -3.85. The second-order valence-electron chi connectivity index (χ2n) is 5.87. The molecule has 0 spiro atoms. The van der Waals surface area contributed by atoms with E-state index in [0.717, 1.165) is 0 Å². The predicted molar refractivity (Wildman–Crippen MR) is 107 cm³/mol. The number of carbonyl (C=O) groups is 1. The van der Waals surface area contributed by atoms with E-state index in [-0.39, 0.29) is 11.5 Å². The number of benzene rings is 1. The fraction of sp³-hybridized carbons (Fsp3) is 0. The minimum absolute atomic E-state index is 0.0832. The van der Waals surface area contributed by atoms with Crippen LogP contribution in [0.25, 0.3) is 22.3 Å². The van der Waals surface area contributed by atoms with Gasteiger partial charge < -0.3 is 10.4 Å². The lowest BCUT2D eigenvalue weighted by Crippen LogP contribution is -2.11. The quantitative estimate of drug-likeness (QED) is 0.446. The lowest BCUT2D eigenvalue weighted by molar-refractivity contribution is 0.209. The third-order valence-electron chi connectivity index (χ3n) is 3.93. The Balaban J connectivity index is 1.81. The SMILES string of the molecule is O=C(O)Nc1nccc(Nc2cc(-c3cc(Cl)ccc3F)nc3ncccc23)n1. The molecule has 29 heavy (non-hydrogen) atoms. The maximum atomic E-state index is 14.4. The fourth-order valence-corrected chi connectivity index (χ4v) is 2.89. The van der Waals surface area contributed by atoms with Gasteiger partial charge >= 0.3 is 6.09 Å². The number of nitrogens with zero attached hydrogens (tertiary/aromatic N) is 4. The van der Waals surface area contributed by atoms with Crippen LogP contribution in [0.3, 0.4) is 0 Å². The van der Waals surface area contributed by atoms with Crippen LogP contribution in [0.2, 0.25) is 5.02 Å². The van der Waals surface area contributed by atoms with Gasteiger partial charge in [-0.2, -0.15) is 4.98 Å². The lowest BCUT2D eigenvalue weighted by Gasteiger charge is -2.12. The van der Waals surface area contributed by atoms with Crippen LogP contribution in [-0.2, 0) is 0 Å². The molecular weight excluding hydrogens is 399 g/mol. The van der Waals surface area contributed by atoms with Crippen LogP contribution in [0.15, 0.2) is 54.9 Å². The second kappa shape index (κ2) is 7.64. The molecule has 1 amide bonds. The number of hydrogen-bond acceptors (Lipinski definition) is 6. The minimum atomic E-state index is -1.28. The molecule has 4 aromatic rings. The van der Waals surface area contributed by atoms with Crippen molar-refractivity contribution in [1.82, 2.24) is 19.9 Å². The second-order valence-corrected chi connectivity index (χ2v) is 6.31. The Kier molecular flexibility index (Phi) is 4.88. The van der Waals surface area contributed by atoms with Crippen molar-refractivity contribution < 1.29 is 14.3 Å². The highest BCUT2D eigenvalue weighted by molar-refractivity contribution is 6.30. The average Bonchev–Trinajstić information content (AvgIpc) is 2.69. The number of nitrogens with one attached hydrogen (secondary N) is 2. The molecule has 0 saturated heterocycles. The van der Waals surface area contributed by atoms with Crippen molar-refractivity contribution >= 4 is 46.2 Å². The monoisotopic (exact) mass is 410 g/mol. The number of halogens is 2. The van der Waals surface area contributed by atoms with Crippen molar-refractivity contribution in [3.8, 4) is 11.3 Å². The molecule has 3 aromatic heterocycles. The van der Waals surface area contributed by atoms with Crippen molar-refractivity contribution in [3.63, 3.8) is 0 Å². The summed E-state index contributed by atoms with van der Waals surface area (Å²) in [6, 6.07) is 11.0. The van der Waals surface area contributed by atoms with Gasteiger partial charge in [-0.3, -0.25) is 5.32 Å². The molecule has 8 nitrogen and oxygen atoms in total. The van der Waals surface area contributed by atoms with E-state index >= 15 is 0 Å². The van der Waals surface area contributed by atoms with Gasteiger partial charge in [0, 0.05) is 28.4 Å². The number of carboxylic acid groups (broad SMARTS) is 1. The van der Waals surface area contributed by atoms with E-state index < -0.39 is 11.9 Å². The summed E-state index contributed by atoms with van der Waals surface area (Å²) in [5.74, 6) is -0.226. The zero-order valence-corrected chi connectivity index (χ0v) is 15.4. The van der Waals surface area contributed by atoms with Crippen LogP contribution in [0.5, 0.6) is 0 Å². The van der Waals surface area contributed by atoms with E-state index in [0.29, 0.717) is 33.3 Å². The summed E-state index contributed by atoms with van der Waals surface area (Å²) >= 11 is 6.02. The molecule has 144 valence electrons. The maximum Gasteiger partial charge on any atom is 0.411 e. The predicted octanol–water partition coefficient (Wildman–Crippen LogP) is 4.71. The largest absolute Gasteiger partial charge is 0.465 e. The Morgan fingerprint density at radius 3 is 2.76 bits per heavy atom. The summed E-state index contributed by atoms with van der Waals surface area (Å²) in [5, 5.41) is 15.0. The number of pyridine rings is 2. The number of fused-ring (bicyclic) bond motifs is 1. The van der Waals surface area contributed by atoms with Gasteiger partial charge in [0.25, 0.3) is 0 Å². The first-order chi connectivity index (χ1) is 14.0. The topological polar surface area (TPSA) is 113 Å². The van der Waals surface area contributed by atoms with Crippen LogP contribution in [0, 0.1) is 5.82 Å². The molecule has 0 saturated carbocycles. The molecule has 0 aliphatic rings. The zero-order chi connectivity index (χ0) is 20.4. The summed E-state index contributed by atoms with van der Waals surface area (Å²) in [7, 11) is 0. The Morgan fingerprint density at radius 2 is 1.93 bits per heavy atom. The molecule has 4 rings (SSSR count). The van der Waals surface area contributed by atoms with Crippen LogP contribution in [0.4, 0.5) is 26.6 Å². The third kappa shape index (κ3) is 4.04. The lowest BCUT2D eigenvalue weighted by atomic mass is 10.1. The first-order valence-corrected chi connectivity index (χ1v) is 8.68. The summed E-state index contributed by atoms with van der Waals surface area (Å²) in [6.07, 6.45) is 1.70. The van der Waals surface area contributed by atoms with Crippen molar-refractivity contribution in [2.45, 2.75) is 0 Å². The first kappa shape index (κ1) is 18.5. The van der Waals surface area contributed by atoms with Gasteiger partial charge in [0.1, 0.15) is 11.6 Å². The highest BCUT2D eigenvalue weighted by Crippen LogP contribution is 2.31. The number of aromatic nitrogens is 4. The molecular formula is C19H12ClFN6O2. The van der Waals surface area contributed by atoms with Gasteiger partial charge in [-0.25, -0.2) is 24.1 Å². The van der Waals surface area contributed by atoms with Crippen molar-refractivity contribution in [2.24, 2.45) is 0 Å². The van der Waals surface area contributed by atoms with Crippen molar-refractivity contribution in [1.29, 1.82) is 0 Å². The fourth-order valence-electron chi connectivity index (χ4n) is 2.71. The summed E-state index contributed by atoms with van der Waals surface area (Å²) in [4.78, 5) is 27.4. The summed E-state index contributed by atoms with van der Waals surface area (Å²) < 4.78 is 14.4. The zero-order valence-electron chi connectivity index (χ0n) is 14.6. The molecule has 0 fully saturated rings. The molecule has 3 heterocycles. The number of rotatable bonds is 4. The van der Waals surface area contributed by atoms with E-state index in [1.165, 1.54) is 24.4 Å².